The maximum Gasteiger partial charge on any atom is 0.306 e. The molecule has 75 heavy (non-hydrogen) atoms. The Morgan fingerprint density at radius 2 is 0.520 bits per heavy atom. The maximum absolute atomic E-state index is 12.9. The van der Waals surface area contributed by atoms with Crippen LogP contribution in [0.1, 0.15) is 303 Å². The molecule has 6 heteroatoms. The molecule has 1 unspecified atom stereocenters. The second-order valence-corrected chi connectivity index (χ2v) is 21.0. The highest BCUT2D eigenvalue weighted by Crippen LogP contribution is 2.16. The van der Waals surface area contributed by atoms with Crippen LogP contribution in [0.2, 0.25) is 0 Å². The number of carbonyl (C=O) groups excluding carboxylic acids is 3. The molecule has 0 aromatic carbocycles. The lowest BCUT2D eigenvalue weighted by molar-refractivity contribution is -0.167. The highest BCUT2D eigenvalue weighted by molar-refractivity contribution is 5.71. The Hall–Kier alpha value is -3.67. The van der Waals surface area contributed by atoms with Crippen LogP contribution in [0, 0.1) is 0 Å². The molecule has 0 rings (SSSR count). The van der Waals surface area contributed by atoms with Crippen molar-refractivity contribution in [3.8, 4) is 0 Å². The van der Waals surface area contributed by atoms with Crippen molar-refractivity contribution in [2.24, 2.45) is 0 Å². The molecule has 0 amide bonds. The summed E-state index contributed by atoms with van der Waals surface area (Å²) in [6.45, 7) is 6.51. The fourth-order valence-corrected chi connectivity index (χ4v) is 8.87. The molecule has 6 nitrogen and oxygen atoms in total. The van der Waals surface area contributed by atoms with E-state index in [9.17, 15) is 14.4 Å². The van der Waals surface area contributed by atoms with Gasteiger partial charge in [0.25, 0.3) is 0 Å². The first-order chi connectivity index (χ1) is 37.0. The van der Waals surface area contributed by atoms with E-state index in [1.165, 1.54) is 141 Å². The van der Waals surface area contributed by atoms with Gasteiger partial charge >= 0.3 is 17.9 Å². The molecule has 0 aliphatic heterocycles. The van der Waals surface area contributed by atoms with Gasteiger partial charge in [-0.1, -0.05) is 298 Å². The van der Waals surface area contributed by atoms with Gasteiger partial charge in [0.2, 0.25) is 0 Å². The first-order valence-electron chi connectivity index (χ1n) is 31.7. The Morgan fingerprint density at radius 1 is 0.280 bits per heavy atom. The van der Waals surface area contributed by atoms with Crippen molar-refractivity contribution >= 4 is 17.9 Å². The number of esters is 3. The zero-order chi connectivity index (χ0) is 54.3. The predicted octanol–water partition coefficient (Wildman–Crippen LogP) is 21.7. The van der Waals surface area contributed by atoms with Crippen LogP contribution in [0.3, 0.4) is 0 Å². The first kappa shape index (κ1) is 71.3. The van der Waals surface area contributed by atoms with Crippen molar-refractivity contribution in [1.29, 1.82) is 0 Å². The molecule has 0 heterocycles. The predicted molar refractivity (Wildman–Crippen MR) is 325 cm³/mol. The smallest absolute Gasteiger partial charge is 0.306 e. The largest absolute Gasteiger partial charge is 0.462 e. The number of rotatable bonds is 57. The monoisotopic (exact) mass is 1040 g/mol. The lowest BCUT2D eigenvalue weighted by Gasteiger charge is -2.18. The van der Waals surface area contributed by atoms with E-state index in [0.29, 0.717) is 19.3 Å². The van der Waals surface area contributed by atoms with Crippen molar-refractivity contribution in [3.63, 3.8) is 0 Å². The Balaban J connectivity index is 4.20. The van der Waals surface area contributed by atoms with Gasteiger partial charge in [-0.05, 0) is 83.5 Å². The molecule has 0 saturated heterocycles. The van der Waals surface area contributed by atoms with Gasteiger partial charge in [-0.25, -0.2) is 0 Å². The molecule has 0 N–H and O–H groups in total. The van der Waals surface area contributed by atoms with E-state index < -0.39 is 6.10 Å². The van der Waals surface area contributed by atoms with Crippen LogP contribution in [-0.4, -0.2) is 37.2 Å². The summed E-state index contributed by atoms with van der Waals surface area (Å²) < 4.78 is 16.8. The van der Waals surface area contributed by atoms with Gasteiger partial charge in [0.15, 0.2) is 6.10 Å². The van der Waals surface area contributed by atoms with Crippen LogP contribution in [0.25, 0.3) is 0 Å². The van der Waals surface area contributed by atoms with E-state index in [1.54, 1.807) is 0 Å². The van der Waals surface area contributed by atoms with Crippen LogP contribution in [0.5, 0.6) is 0 Å². The van der Waals surface area contributed by atoms with Crippen LogP contribution in [-0.2, 0) is 28.6 Å². The van der Waals surface area contributed by atoms with Gasteiger partial charge < -0.3 is 14.2 Å². The molecular formula is C69H118O6. The van der Waals surface area contributed by atoms with Crippen LogP contribution >= 0.6 is 0 Å². The molecule has 0 spiro atoms. The van der Waals surface area contributed by atoms with E-state index in [4.69, 9.17) is 14.2 Å². The lowest BCUT2D eigenvalue weighted by atomic mass is 10.0. The summed E-state index contributed by atoms with van der Waals surface area (Å²) in [6, 6.07) is 0. The summed E-state index contributed by atoms with van der Waals surface area (Å²) in [5.41, 5.74) is 0. The van der Waals surface area contributed by atoms with Crippen molar-refractivity contribution in [1.82, 2.24) is 0 Å². The van der Waals surface area contributed by atoms with Crippen LogP contribution < -0.4 is 0 Å². The Bertz CT molecular complexity index is 1480. The van der Waals surface area contributed by atoms with Crippen molar-refractivity contribution in [2.45, 2.75) is 309 Å². The number of hydrogen-bond acceptors (Lipinski definition) is 6. The minimum Gasteiger partial charge on any atom is -0.462 e. The fourth-order valence-electron chi connectivity index (χ4n) is 8.87. The van der Waals surface area contributed by atoms with Gasteiger partial charge in [-0.3, -0.25) is 14.4 Å². The third-order valence-corrected chi connectivity index (χ3v) is 13.6. The normalized spacial score (nSPS) is 12.7. The summed E-state index contributed by atoms with van der Waals surface area (Å²) in [5, 5.41) is 0. The van der Waals surface area contributed by atoms with Crippen molar-refractivity contribution in [2.75, 3.05) is 13.2 Å². The quantitative estimate of drug-likeness (QED) is 0.0261. The summed E-state index contributed by atoms with van der Waals surface area (Å²) in [7, 11) is 0. The zero-order valence-corrected chi connectivity index (χ0v) is 49.3. The molecule has 0 aromatic heterocycles. The molecule has 0 aliphatic carbocycles. The first-order valence-corrected chi connectivity index (χ1v) is 31.7. The second-order valence-electron chi connectivity index (χ2n) is 21.0. The number of unbranched alkanes of at least 4 members (excludes halogenated alkanes) is 30. The molecule has 1 atom stereocenters. The van der Waals surface area contributed by atoms with Gasteiger partial charge in [0.05, 0.1) is 0 Å². The van der Waals surface area contributed by atoms with Gasteiger partial charge in [-0.2, -0.15) is 0 Å². The summed E-state index contributed by atoms with van der Waals surface area (Å²) >= 11 is 0. The van der Waals surface area contributed by atoms with E-state index in [1.807, 2.05) is 0 Å². The van der Waals surface area contributed by atoms with Gasteiger partial charge in [0, 0.05) is 19.3 Å². The average Bonchev–Trinajstić information content (AvgIpc) is 3.41. The maximum atomic E-state index is 12.9. The molecular weight excluding hydrogens is 925 g/mol. The third kappa shape index (κ3) is 61.1. The summed E-state index contributed by atoms with van der Waals surface area (Å²) in [5.74, 6) is -0.888. The highest BCUT2D eigenvalue weighted by Gasteiger charge is 2.19. The Morgan fingerprint density at radius 3 is 0.813 bits per heavy atom. The Labute approximate surface area is 464 Å². The topological polar surface area (TPSA) is 78.9 Å². The molecule has 0 aliphatic rings. The number of allylic oxidation sites excluding steroid dienone is 16. The zero-order valence-electron chi connectivity index (χ0n) is 49.3. The summed E-state index contributed by atoms with van der Waals surface area (Å²) in [6.07, 6.45) is 84.3. The minimum atomic E-state index is -0.780. The highest BCUT2D eigenvalue weighted by atomic mass is 16.6. The average molecular weight is 1040 g/mol. The SMILES string of the molecule is CC/C=C\C/C=C\C/C=C\C/C=C\C/C=C\C/C=C\C/C=C\C/C=C\CCCCCCCCC(=O)OCC(COC(=O)CCCCCCCCCC)OC(=O)CCCCCCCCCCCCCCCCCCCC. The molecule has 0 bridgehead atoms. The molecule has 0 aromatic rings. The van der Waals surface area contributed by atoms with Crippen LogP contribution in [0.4, 0.5) is 0 Å². The molecule has 430 valence electrons. The van der Waals surface area contributed by atoms with E-state index in [0.717, 1.165) is 122 Å². The number of ether oxygens (including phenoxy) is 3. The molecule has 0 radical (unpaired) electrons. The third-order valence-electron chi connectivity index (χ3n) is 13.6. The van der Waals surface area contributed by atoms with Crippen molar-refractivity contribution < 1.29 is 28.6 Å². The van der Waals surface area contributed by atoms with Crippen molar-refractivity contribution in [3.05, 3.63) is 97.2 Å². The molecule has 0 fully saturated rings. The fraction of sp³-hybridized carbons (Fsp3) is 0.725. The number of carbonyl (C=O) groups is 3. The number of hydrogen-bond donors (Lipinski definition) is 0. The van der Waals surface area contributed by atoms with Gasteiger partial charge in [0.1, 0.15) is 13.2 Å². The second kappa shape index (κ2) is 62.9. The van der Waals surface area contributed by atoms with Gasteiger partial charge in [-0.15, -0.1) is 0 Å². The standard InChI is InChI=1S/C69H118O6/c1-4-7-10-13-16-19-21-23-25-27-29-30-31-32-33-34-35-36-37-38-39-40-41-43-44-46-48-50-53-56-59-62-68(71)74-65-66(64-73-67(70)61-58-55-52-18-15-12-9-6-3)75-69(72)63-60-57-54-51-49-47-45-42-28-26-24-22-20-17-14-11-8-5-2/h7,10,16,19,23,25,29-30,32-33,35-36,38-39,41,43,66H,4-6,8-9,11-15,17-18,20-22,24,26-28,31,34,37,40,42,44-65H2,1-3H3/b10-7-,19-16-,25-23-,30-29-,33-32-,36-35-,39-38-,43-41-. The Kier molecular flexibility index (Phi) is 59.8. The molecule has 0 saturated carbocycles. The summed E-state index contributed by atoms with van der Waals surface area (Å²) in [4.78, 5) is 38.1. The van der Waals surface area contributed by atoms with Crippen LogP contribution in [0.15, 0.2) is 97.2 Å². The lowest BCUT2D eigenvalue weighted by Crippen LogP contribution is -2.30. The minimum absolute atomic E-state index is 0.0784. The van der Waals surface area contributed by atoms with E-state index in [2.05, 4.69) is 118 Å². The van der Waals surface area contributed by atoms with E-state index >= 15 is 0 Å². The van der Waals surface area contributed by atoms with E-state index in [-0.39, 0.29) is 31.1 Å².